The molecule has 1 aliphatic rings. The summed E-state index contributed by atoms with van der Waals surface area (Å²) in [5, 5.41) is 11.3. The first kappa shape index (κ1) is 24.0. The predicted molar refractivity (Wildman–Crippen MR) is 106 cm³/mol. The smallest absolute Gasteiger partial charge is 0.416 e. The zero-order valence-corrected chi connectivity index (χ0v) is 17.9. The number of aliphatic hydroxyl groups is 1. The monoisotopic (exact) mass is 540 g/mol. The molecule has 32 heavy (non-hydrogen) atoms. The number of hydrogen-bond donors (Lipinski definition) is 2. The lowest BCUT2D eigenvalue weighted by molar-refractivity contribution is -0.138. The third-order valence-electron chi connectivity index (χ3n) is 4.14. The van der Waals surface area contributed by atoms with Gasteiger partial charge in [-0.25, -0.2) is 8.78 Å². The van der Waals surface area contributed by atoms with Crippen LogP contribution >= 0.6 is 27.5 Å². The van der Waals surface area contributed by atoms with Crippen LogP contribution < -0.4 is 10.1 Å². The minimum Gasteiger partial charge on any atom is -0.447 e. The zero-order chi connectivity index (χ0) is 23.8. The minimum absolute atomic E-state index is 0.0622. The number of halogens is 7. The molecule has 2 aromatic rings. The van der Waals surface area contributed by atoms with Gasteiger partial charge in [0.05, 0.1) is 29.4 Å². The van der Waals surface area contributed by atoms with Crippen LogP contribution in [0.15, 0.2) is 40.5 Å². The van der Waals surface area contributed by atoms with Crippen molar-refractivity contribution in [3.05, 3.63) is 62.7 Å². The van der Waals surface area contributed by atoms with Gasteiger partial charge < -0.3 is 15.2 Å². The van der Waals surface area contributed by atoms with Crippen molar-refractivity contribution >= 4 is 45.0 Å². The van der Waals surface area contributed by atoms with Crippen molar-refractivity contribution in [2.24, 2.45) is 0 Å². The van der Waals surface area contributed by atoms with Crippen LogP contribution in [0.3, 0.4) is 0 Å². The summed E-state index contributed by atoms with van der Waals surface area (Å²) in [5.74, 6) is -6.36. The van der Waals surface area contributed by atoms with E-state index in [1.807, 2.05) is 0 Å². The molecule has 0 aliphatic carbocycles. The number of hydrogen-bond acceptors (Lipinski definition) is 5. The molecule has 170 valence electrons. The second-order valence-electron chi connectivity index (χ2n) is 6.33. The van der Waals surface area contributed by atoms with E-state index < -0.39 is 53.3 Å². The number of carbonyl (C=O) groups is 2. The molecule has 1 heterocycles. The summed E-state index contributed by atoms with van der Waals surface area (Å²) in [6.45, 7) is -0.730. The van der Waals surface area contributed by atoms with E-state index in [0.29, 0.717) is 4.47 Å². The van der Waals surface area contributed by atoms with Crippen LogP contribution in [-0.2, 0) is 15.8 Å². The van der Waals surface area contributed by atoms with E-state index in [4.69, 9.17) is 21.4 Å². The molecule has 6 nitrogen and oxygen atoms in total. The maximum atomic E-state index is 14.2. The Morgan fingerprint density at radius 1 is 1.09 bits per heavy atom. The van der Waals surface area contributed by atoms with Gasteiger partial charge in [-0.3, -0.25) is 14.5 Å². The van der Waals surface area contributed by atoms with Gasteiger partial charge in [-0.15, -0.1) is 0 Å². The SMILES string of the molecule is O=C1C=C(Nc2cc(Br)cc(Cl)c2Oc2c(F)cc(C(F)(F)F)cc2F)C(=O)N1CCO. The van der Waals surface area contributed by atoms with Gasteiger partial charge in [-0.1, -0.05) is 27.5 Å². The van der Waals surface area contributed by atoms with Crippen molar-refractivity contribution in [2.45, 2.75) is 6.18 Å². The van der Waals surface area contributed by atoms with Crippen molar-refractivity contribution in [3.63, 3.8) is 0 Å². The molecule has 3 rings (SSSR count). The molecule has 2 aromatic carbocycles. The van der Waals surface area contributed by atoms with E-state index >= 15 is 0 Å². The van der Waals surface area contributed by atoms with Crippen LogP contribution in [0.1, 0.15) is 5.56 Å². The van der Waals surface area contributed by atoms with Crippen LogP contribution in [0.4, 0.5) is 27.6 Å². The number of nitrogens with zero attached hydrogens (tertiary/aromatic N) is 1. The first-order chi connectivity index (χ1) is 14.9. The lowest BCUT2D eigenvalue weighted by Gasteiger charge is -2.18. The highest BCUT2D eigenvalue weighted by Gasteiger charge is 2.34. The van der Waals surface area contributed by atoms with Crippen LogP contribution in [-0.4, -0.2) is 35.0 Å². The highest BCUT2D eigenvalue weighted by Crippen LogP contribution is 2.42. The van der Waals surface area contributed by atoms with Gasteiger partial charge in [0.25, 0.3) is 11.8 Å². The number of benzene rings is 2. The largest absolute Gasteiger partial charge is 0.447 e. The number of β-amino-alcohol motifs (C(OH)–C–C–N with tert-alkyl or cyclic N) is 1. The molecule has 0 aromatic heterocycles. The number of alkyl halides is 3. The Hall–Kier alpha value is -2.70. The number of imide groups is 1. The molecule has 0 atom stereocenters. The fraction of sp³-hybridized carbons (Fsp3) is 0.158. The number of ether oxygens (including phenoxy) is 1. The Kier molecular flexibility index (Phi) is 6.77. The fourth-order valence-electron chi connectivity index (χ4n) is 2.74. The normalized spacial score (nSPS) is 14.1. The van der Waals surface area contributed by atoms with Crippen molar-refractivity contribution in [3.8, 4) is 11.5 Å². The van der Waals surface area contributed by atoms with Gasteiger partial charge in [0.1, 0.15) is 5.70 Å². The average molecular weight is 542 g/mol. The molecule has 0 radical (unpaired) electrons. The zero-order valence-electron chi connectivity index (χ0n) is 15.6. The second kappa shape index (κ2) is 9.04. The highest BCUT2D eigenvalue weighted by atomic mass is 79.9. The van der Waals surface area contributed by atoms with Gasteiger partial charge in [-0.05, 0) is 24.3 Å². The molecule has 1 aliphatic heterocycles. The standard InChI is InChI=1S/C19H11BrClF5N2O4/c20-9-5-10(21)16(32-17-11(22)3-8(4-12(17)23)19(24,25)26)13(6-9)27-14-7-15(30)28(1-2-29)18(14)31/h3-7,27,29H,1-2H2. The van der Waals surface area contributed by atoms with E-state index in [9.17, 15) is 31.5 Å². The quantitative estimate of drug-likeness (QED) is 0.404. The van der Waals surface area contributed by atoms with E-state index in [-0.39, 0.29) is 35.1 Å². The Morgan fingerprint density at radius 2 is 1.72 bits per heavy atom. The minimum atomic E-state index is -4.98. The molecule has 13 heteroatoms. The predicted octanol–water partition coefficient (Wildman–Crippen LogP) is 4.85. The van der Waals surface area contributed by atoms with Crippen LogP contribution in [0.5, 0.6) is 11.5 Å². The molecule has 2 amide bonds. The first-order valence-electron chi connectivity index (χ1n) is 8.61. The number of rotatable bonds is 6. The van der Waals surface area contributed by atoms with Gasteiger partial charge in [0.15, 0.2) is 23.1 Å². The van der Waals surface area contributed by atoms with Crippen molar-refractivity contribution in [2.75, 3.05) is 18.5 Å². The average Bonchev–Trinajstić information content (AvgIpc) is 2.93. The first-order valence-corrected chi connectivity index (χ1v) is 9.78. The van der Waals surface area contributed by atoms with Gasteiger partial charge in [0, 0.05) is 10.5 Å². The van der Waals surface area contributed by atoms with E-state index in [1.165, 1.54) is 12.1 Å². The van der Waals surface area contributed by atoms with E-state index in [1.54, 1.807) is 0 Å². The van der Waals surface area contributed by atoms with E-state index in [0.717, 1.165) is 11.0 Å². The molecule has 2 N–H and O–H groups in total. The highest BCUT2D eigenvalue weighted by molar-refractivity contribution is 9.10. The Labute approximate surface area is 190 Å². The number of amides is 2. The van der Waals surface area contributed by atoms with Crippen LogP contribution in [0, 0.1) is 11.6 Å². The molecular formula is C19H11BrClF5N2O4. The third kappa shape index (κ3) is 4.87. The maximum Gasteiger partial charge on any atom is 0.416 e. The third-order valence-corrected chi connectivity index (χ3v) is 4.88. The molecule has 0 saturated carbocycles. The van der Waals surface area contributed by atoms with Crippen molar-refractivity contribution < 1.29 is 41.4 Å². The number of nitrogens with one attached hydrogen (secondary N) is 1. The summed E-state index contributed by atoms with van der Waals surface area (Å²) in [4.78, 5) is 25.0. The van der Waals surface area contributed by atoms with Gasteiger partial charge >= 0.3 is 6.18 Å². The lowest BCUT2D eigenvalue weighted by atomic mass is 10.2. The van der Waals surface area contributed by atoms with Crippen LogP contribution in [0.25, 0.3) is 0 Å². The lowest BCUT2D eigenvalue weighted by Crippen LogP contribution is -2.34. The summed E-state index contributed by atoms with van der Waals surface area (Å²) in [5.41, 5.74) is -1.93. The number of anilines is 1. The number of aliphatic hydroxyl groups excluding tert-OH is 1. The van der Waals surface area contributed by atoms with Crippen LogP contribution in [0.2, 0.25) is 5.02 Å². The molecular weight excluding hydrogens is 531 g/mol. The molecule has 0 saturated heterocycles. The summed E-state index contributed by atoms with van der Waals surface area (Å²) in [6.07, 6.45) is -4.06. The van der Waals surface area contributed by atoms with Crippen molar-refractivity contribution in [1.82, 2.24) is 4.90 Å². The second-order valence-corrected chi connectivity index (χ2v) is 7.66. The summed E-state index contributed by atoms with van der Waals surface area (Å²) in [7, 11) is 0. The maximum absolute atomic E-state index is 14.2. The Balaban J connectivity index is 1.99. The molecule has 0 unspecified atom stereocenters. The summed E-state index contributed by atoms with van der Waals surface area (Å²) < 4.78 is 72.3. The Bertz CT molecular complexity index is 1120. The summed E-state index contributed by atoms with van der Waals surface area (Å²) in [6, 6.07) is 2.70. The number of carbonyl (C=O) groups excluding carboxylic acids is 2. The molecule has 0 fully saturated rings. The molecule has 0 bridgehead atoms. The van der Waals surface area contributed by atoms with Gasteiger partial charge in [-0.2, -0.15) is 13.2 Å². The van der Waals surface area contributed by atoms with Crippen molar-refractivity contribution in [1.29, 1.82) is 0 Å². The fourth-order valence-corrected chi connectivity index (χ4v) is 3.58. The molecule has 0 spiro atoms. The topological polar surface area (TPSA) is 78.9 Å². The van der Waals surface area contributed by atoms with Gasteiger partial charge in [0.2, 0.25) is 0 Å². The summed E-state index contributed by atoms with van der Waals surface area (Å²) >= 11 is 9.23. The van der Waals surface area contributed by atoms with E-state index in [2.05, 4.69) is 21.2 Å². The Morgan fingerprint density at radius 3 is 2.28 bits per heavy atom.